The highest BCUT2D eigenvalue weighted by atomic mass is 16.2. The number of carbonyl (C=O) groups excluding carboxylic acids is 1. The van der Waals surface area contributed by atoms with E-state index in [0.29, 0.717) is 6.04 Å². The predicted octanol–water partition coefficient (Wildman–Crippen LogP) is 3.69. The third kappa shape index (κ3) is 4.27. The quantitative estimate of drug-likeness (QED) is 0.855. The van der Waals surface area contributed by atoms with Gasteiger partial charge in [0, 0.05) is 6.04 Å². The van der Waals surface area contributed by atoms with Crippen LogP contribution in [0.5, 0.6) is 0 Å². The second-order valence-corrected chi connectivity index (χ2v) is 5.59. The Morgan fingerprint density at radius 2 is 1.79 bits per heavy atom. The minimum atomic E-state index is -0.0417. The lowest BCUT2D eigenvalue weighted by molar-refractivity contribution is 0.229. The molecule has 1 aliphatic rings. The number of hydrogen-bond acceptors (Lipinski definition) is 1. The van der Waals surface area contributed by atoms with Crippen molar-refractivity contribution in [1.29, 1.82) is 0 Å². The molecule has 1 aromatic rings. The standard InChI is InChI=1S/C16H24N2O/c1-12-8-10-14(11-9-12)13(2)17-16(19)18-15-6-4-3-5-7-15/h8-11,13,15H,3-7H2,1-2H3,(H2,17,18,19). The van der Waals surface area contributed by atoms with Gasteiger partial charge >= 0.3 is 6.03 Å². The largest absolute Gasteiger partial charge is 0.335 e. The Bertz CT molecular complexity index is 407. The first-order valence-electron chi connectivity index (χ1n) is 7.29. The molecule has 1 atom stereocenters. The monoisotopic (exact) mass is 260 g/mol. The molecule has 1 aliphatic carbocycles. The van der Waals surface area contributed by atoms with Crippen LogP contribution in [0, 0.1) is 6.92 Å². The fourth-order valence-electron chi connectivity index (χ4n) is 2.61. The van der Waals surface area contributed by atoms with Gasteiger partial charge in [-0.15, -0.1) is 0 Å². The summed E-state index contributed by atoms with van der Waals surface area (Å²) in [6.45, 7) is 4.09. The number of rotatable bonds is 3. The van der Waals surface area contributed by atoms with E-state index in [0.717, 1.165) is 18.4 Å². The summed E-state index contributed by atoms with van der Waals surface area (Å²) in [5.41, 5.74) is 2.38. The topological polar surface area (TPSA) is 41.1 Å². The van der Waals surface area contributed by atoms with E-state index in [2.05, 4.69) is 41.8 Å². The fraction of sp³-hybridized carbons (Fsp3) is 0.562. The zero-order chi connectivity index (χ0) is 13.7. The van der Waals surface area contributed by atoms with Crippen LogP contribution in [0.2, 0.25) is 0 Å². The average molecular weight is 260 g/mol. The van der Waals surface area contributed by atoms with Crippen LogP contribution >= 0.6 is 0 Å². The maximum atomic E-state index is 11.9. The number of aryl methyl sites for hydroxylation is 1. The van der Waals surface area contributed by atoms with Crippen LogP contribution in [-0.4, -0.2) is 12.1 Å². The van der Waals surface area contributed by atoms with Crippen molar-refractivity contribution < 1.29 is 4.79 Å². The van der Waals surface area contributed by atoms with Crippen molar-refractivity contribution in [2.45, 2.75) is 58.0 Å². The van der Waals surface area contributed by atoms with Crippen molar-refractivity contribution in [1.82, 2.24) is 10.6 Å². The summed E-state index contributed by atoms with van der Waals surface area (Å²) in [4.78, 5) is 11.9. The Balaban J connectivity index is 1.82. The summed E-state index contributed by atoms with van der Waals surface area (Å²) in [5.74, 6) is 0. The Morgan fingerprint density at radius 3 is 2.42 bits per heavy atom. The van der Waals surface area contributed by atoms with E-state index in [9.17, 15) is 4.79 Å². The fourth-order valence-corrected chi connectivity index (χ4v) is 2.61. The van der Waals surface area contributed by atoms with E-state index >= 15 is 0 Å². The van der Waals surface area contributed by atoms with Crippen LogP contribution in [0.3, 0.4) is 0 Å². The lowest BCUT2D eigenvalue weighted by Crippen LogP contribution is -2.43. The summed E-state index contributed by atoms with van der Waals surface area (Å²) in [7, 11) is 0. The zero-order valence-corrected chi connectivity index (χ0v) is 11.9. The average Bonchev–Trinajstić information content (AvgIpc) is 2.40. The lowest BCUT2D eigenvalue weighted by Gasteiger charge is -2.24. The molecule has 3 heteroatoms. The number of carbonyl (C=O) groups is 1. The Labute approximate surface area is 115 Å². The van der Waals surface area contributed by atoms with Crippen molar-refractivity contribution >= 4 is 6.03 Å². The normalized spacial score (nSPS) is 17.8. The summed E-state index contributed by atoms with van der Waals surface area (Å²) in [6, 6.07) is 8.66. The van der Waals surface area contributed by atoms with E-state index in [1.54, 1.807) is 0 Å². The molecule has 0 radical (unpaired) electrons. The van der Waals surface area contributed by atoms with E-state index in [1.807, 2.05) is 6.92 Å². The van der Waals surface area contributed by atoms with Crippen molar-refractivity contribution in [3.63, 3.8) is 0 Å². The van der Waals surface area contributed by atoms with Crippen LogP contribution in [0.15, 0.2) is 24.3 Å². The van der Waals surface area contributed by atoms with E-state index < -0.39 is 0 Å². The number of hydrogen-bond donors (Lipinski definition) is 2. The zero-order valence-electron chi connectivity index (χ0n) is 11.9. The first-order chi connectivity index (χ1) is 9.15. The van der Waals surface area contributed by atoms with E-state index in [-0.39, 0.29) is 12.1 Å². The van der Waals surface area contributed by atoms with Crippen molar-refractivity contribution in [2.75, 3.05) is 0 Å². The Kier molecular flexibility index (Phi) is 4.83. The molecule has 0 spiro atoms. The molecular formula is C16H24N2O. The van der Waals surface area contributed by atoms with Gasteiger partial charge < -0.3 is 10.6 Å². The summed E-state index contributed by atoms with van der Waals surface area (Å²) in [6.07, 6.45) is 6.01. The Morgan fingerprint density at radius 1 is 1.16 bits per heavy atom. The molecule has 3 nitrogen and oxygen atoms in total. The highest BCUT2D eigenvalue weighted by Crippen LogP contribution is 2.17. The minimum Gasteiger partial charge on any atom is -0.335 e. The number of benzene rings is 1. The molecule has 0 saturated heterocycles. The number of nitrogens with one attached hydrogen (secondary N) is 2. The van der Waals surface area contributed by atoms with Crippen LogP contribution in [0.1, 0.15) is 56.2 Å². The van der Waals surface area contributed by atoms with Gasteiger partial charge in [0.15, 0.2) is 0 Å². The smallest absolute Gasteiger partial charge is 0.315 e. The molecular weight excluding hydrogens is 236 g/mol. The van der Waals surface area contributed by atoms with Crippen LogP contribution in [0.25, 0.3) is 0 Å². The molecule has 2 N–H and O–H groups in total. The van der Waals surface area contributed by atoms with Gasteiger partial charge in [-0.1, -0.05) is 49.1 Å². The van der Waals surface area contributed by atoms with Gasteiger partial charge in [0.2, 0.25) is 0 Å². The molecule has 19 heavy (non-hydrogen) atoms. The third-order valence-corrected chi connectivity index (χ3v) is 3.87. The second kappa shape index (κ2) is 6.60. The van der Waals surface area contributed by atoms with Gasteiger partial charge in [-0.3, -0.25) is 0 Å². The second-order valence-electron chi connectivity index (χ2n) is 5.59. The molecule has 2 amide bonds. The molecule has 0 aliphatic heterocycles. The van der Waals surface area contributed by atoms with Crippen LogP contribution in [-0.2, 0) is 0 Å². The maximum Gasteiger partial charge on any atom is 0.315 e. The maximum absolute atomic E-state index is 11.9. The highest BCUT2D eigenvalue weighted by molar-refractivity contribution is 5.74. The van der Waals surface area contributed by atoms with Gasteiger partial charge in [0.25, 0.3) is 0 Å². The van der Waals surface area contributed by atoms with Crippen LogP contribution in [0.4, 0.5) is 4.79 Å². The molecule has 104 valence electrons. The molecule has 0 heterocycles. The van der Waals surface area contributed by atoms with Crippen molar-refractivity contribution in [3.05, 3.63) is 35.4 Å². The summed E-state index contributed by atoms with van der Waals surface area (Å²) < 4.78 is 0. The Hall–Kier alpha value is -1.51. The predicted molar refractivity (Wildman–Crippen MR) is 78.1 cm³/mol. The molecule has 0 bridgehead atoms. The van der Waals surface area contributed by atoms with E-state index in [1.165, 1.54) is 24.8 Å². The SMILES string of the molecule is Cc1ccc(C(C)NC(=O)NC2CCCCC2)cc1. The molecule has 1 unspecified atom stereocenters. The van der Waals surface area contributed by atoms with Crippen molar-refractivity contribution in [3.8, 4) is 0 Å². The molecule has 1 saturated carbocycles. The number of amides is 2. The molecule has 0 aromatic heterocycles. The molecule has 1 fully saturated rings. The van der Waals surface area contributed by atoms with Gasteiger partial charge in [-0.2, -0.15) is 0 Å². The first kappa shape index (κ1) is 13.9. The van der Waals surface area contributed by atoms with Gasteiger partial charge in [-0.25, -0.2) is 4.79 Å². The van der Waals surface area contributed by atoms with Gasteiger partial charge in [0.05, 0.1) is 6.04 Å². The van der Waals surface area contributed by atoms with Crippen molar-refractivity contribution in [2.24, 2.45) is 0 Å². The van der Waals surface area contributed by atoms with Crippen LogP contribution < -0.4 is 10.6 Å². The minimum absolute atomic E-state index is 0.0417. The van der Waals surface area contributed by atoms with E-state index in [4.69, 9.17) is 0 Å². The van der Waals surface area contributed by atoms with Gasteiger partial charge in [0.1, 0.15) is 0 Å². The first-order valence-corrected chi connectivity index (χ1v) is 7.29. The molecule has 1 aromatic carbocycles. The number of urea groups is 1. The third-order valence-electron chi connectivity index (χ3n) is 3.87. The highest BCUT2D eigenvalue weighted by Gasteiger charge is 2.16. The summed E-state index contributed by atoms with van der Waals surface area (Å²) >= 11 is 0. The molecule has 2 rings (SSSR count). The lowest BCUT2D eigenvalue weighted by atomic mass is 9.96. The van der Waals surface area contributed by atoms with Gasteiger partial charge in [-0.05, 0) is 32.3 Å². The summed E-state index contributed by atoms with van der Waals surface area (Å²) in [5, 5.41) is 6.09.